The van der Waals surface area contributed by atoms with Crippen LogP contribution in [0.4, 0.5) is 27.8 Å². The number of hydrogen-bond donors (Lipinski definition) is 2. The molecule has 0 fully saturated rings. The fraction of sp³-hybridized carbons (Fsp3) is 0.514. The molecule has 56 heavy (non-hydrogen) atoms. The number of aliphatic hydroxyl groups is 1. The lowest BCUT2D eigenvalue weighted by Gasteiger charge is -2.24. The fourth-order valence-electron chi connectivity index (χ4n) is 5.42. The third-order valence-electron chi connectivity index (χ3n) is 8.09. The van der Waals surface area contributed by atoms with Crippen molar-refractivity contribution in [1.82, 2.24) is 19.4 Å². The first-order valence-electron chi connectivity index (χ1n) is 17.9. The minimum atomic E-state index is -2.36. The molecule has 14 nitrogen and oxygen atoms in total. The van der Waals surface area contributed by atoms with Gasteiger partial charge in [0.1, 0.15) is 11.3 Å². The average Bonchev–Trinajstić information content (AvgIpc) is 3.51. The number of carbonyl (C=O) groups excluding carboxylic acids is 2. The molecule has 0 bridgehead atoms. The summed E-state index contributed by atoms with van der Waals surface area (Å²) in [6, 6.07) is 7.57. The molecule has 308 valence electrons. The lowest BCUT2D eigenvalue weighted by atomic mass is 10.1. The molecule has 0 aliphatic heterocycles. The molecule has 19 heteroatoms. The molecule has 0 spiro atoms. The first-order valence-corrected chi connectivity index (χ1v) is 17.9. The second kappa shape index (κ2) is 21.1. The molecule has 2 aromatic heterocycles. The van der Waals surface area contributed by atoms with Gasteiger partial charge in [0, 0.05) is 11.9 Å². The Balaban J connectivity index is 1.03. The van der Waals surface area contributed by atoms with E-state index in [0.29, 0.717) is 43.2 Å². The molecule has 0 saturated carbocycles. The molecule has 4 aromatic rings. The summed E-state index contributed by atoms with van der Waals surface area (Å²) in [5.74, 6) is -13.5. The van der Waals surface area contributed by atoms with Gasteiger partial charge in [-0.3, -0.25) is 9.59 Å². The van der Waals surface area contributed by atoms with Crippen molar-refractivity contribution in [3.05, 3.63) is 59.2 Å². The highest BCUT2D eigenvalue weighted by Crippen LogP contribution is 2.31. The number of fused-ring (bicyclic) bond motifs is 3. The average molecular weight is 800 g/mol. The molecule has 0 aliphatic carbocycles. The van der Waals surface area contributed by atoms with E-state index < -0.39 is 52.8 Å². The molecule has 1 amide bonds. The van der Waals surface area contributed by atoms with Gasteiger partial charge in [-0.1, -0.05) is 18.2 Å². The van der Waals surface area contributed by atoms with Gasteiger partial charge in [0.05, 0.1) is 109 Å². The molecule has 0 radical (unpaired) electrons. The lowest BCUT2D eigenvalue weighted by Crippen LogP contribution is -2.34. The van der Waals surface area contributed by atoms with Crippen LogP contribution in [0.1, 0.15) is 39.4 Å². The van der Waals surface area contributed by atoms with Crippen molar-refractivity contribution in [2.45, 2.75) is 52.3 Å². The van der Waals surface area contributed by atoms with Crippen LogP contribution < -0.4 is 10.5 Å². The van der Waals surface area contributed by atoms with E-state index in [1.807, 2.05) is 35.8 Å². The van der Waals surface area contributed by atoms with Gasteiger partial charge in [0.15, 0.2) is 5.82 Å². The number of hydrogen-bond acceptors (Lipinski definition) is 12. The quantitative estimate of drug-likeness (QED) is 0.0256. The summed E-state index contributed by atoms with van der Waals surface area (Å²) in [4.78, 5) is 35.8. The third-order valence-corrected chi connectivity index (χ3v) is 8.09. The summed E-state index contributed by atoms with van der Waals surface area (Å²) >= 11 is 0. The first-order chi connectivity index (χ1) is 26.7. The molecule has 4 rings (SSSR count). The summed E-state index contributed by atoms with van der Waals surface area (Å²) in [6.07, 6.45) is -0.356. The zero-order valence-corrected chi connectivity index (χ0v) is 31.4. The van der Waals surface area contributed by atoms with Crippen LogP contribution >= 0.6 is 0 Å². The summed E-state index contributed by atoms with van der Waals surface area (Å²) < 4.78 is 99.8. The van der Waals surface area contributed by atoms with Gasteiger partial charge in [-0.05, 0) is 26.8 Å². The number of anilines is 1. The van der Waals surface area contributed by atoms with Crippen LogP contribution in [0, 0.1) is 29.1 Å². The van der Waals surface area contributed by atoms with Crippen LogP contribution in [-0.4, -0.2) is 115 Å². The van der Waals surface area contributed by atoms with E-state index in [0.717, 1.165) is 10.9 Å². The molecule has 3 N–H and O–H groups in total. The first kappa shape index (κ1) is 44.2. The van der Waals surface area contributed by atoms with Gasteiger partial charge >= 0.3 is 5.97 Å². The van der Waals surface area contributed by atoms with Crippen molar-refractivity contribution in [2.75, 3.05) is 78.3 Å². The van der Waals surface area contributed by atoms with Crippen LogP contribution in [0.15, 0.2) is 24.3 Å². The smallest absolute Gasteiger partial charge is 0.313 e. The monoisotopic (exact) mass is 799 g/mol. The number of carbonyl (C=O) groups is 2. The maximum absolute atomic E-state index is 13.6. The normalized spacial score (nSPS) is 11.9. The fourth-order valence-corrected chi connectivity index (χ4v) is 5.42. The number of halogens is 5. The Morgan fingerprint density at radius 1 is 0.768 bits per heavy atom. The van der Waals surface area contributed by atoms with Crippen molar-refractivity contribution in [2.24, 2.45) is 0 Å². The summed E-state index contributed by atoms with van der Waals surface area (Å²) in [6.45, 7) is 7.97. The van der Waals surface area contributed by atoms with Crippen molar-refractivity contribution >= 4 is 39.6 Å². The largest absolute Gasteiger partial charge is 0.420 e. The standard InChI is InChI=1S/C37H46F5N5O9/c1-4-46(21-25-45-33-34(47(25)22-37(2,3)50)23-7-5-6-8-24(23)44-36(33)43)26(48)9-11-51-13-15-53-17-19-55-20-18-54-16-14-52-12-10-27(49)56-35-31(41)29(39)28(38)30(40)32(35)42/h5-8,50H,4,9-22H2,1-3H3,(H2,43,44). The van der Waals surface area contributed by atoms with Crippen molar-refractivity contribution < 1.29 is 65.1 Å². The molecular formula is C37H46F5N5O9. The molecular weight excluding hydrogens is 753 g/mol. The van der Waals surface area contributed by atoms with Crippen LogP contribution in [0.25, 0.3) is 21.9 Å². The van der Waals surface area contributed by atoms with Gasteiger partial charge in [0.2, 0.25) is 40.7 Å². The number of pyridine rings is 1. The van der Waals surface area contributed by atoms with Gasteiger partial charge in [-0.25, -0.2) is 23.1 Å². The van der Waals surface area contributed by atoms with Crippen LogP contribution in [0.5, 0.6) is 5.75 Å². The van der Waals surface area contributed by atoms with Crippen molar-refractivity contribution in [3.63, 3.8) is 0 Å². The maximum Gasteiger partial charge on any atom is 0.313 e. The topological polar surface area (TPSA) is 170 Å². The highest BCUT2D eigenvalue weighted by molar-refractivity contribution is 6.06. The van der Waals surface area contributed by atoms with Gasteiger partial charge in [-0.15, -0.1) is 0 Å². The molecule has 0 unspecified atom stereocenters. The number of esters is 1. The van der Waals surface area contributed by atoms with Crippen molar-refractivity contribution in [1.29, 1.82) is 0 Å². The van der Waals surface area contributed by atoms with E-state index in [4.69, 9.17) is 34.4 Å². The lowest BCUT2D eigenvalue weighted by molar-refractivity contribution is -0.136. The van der Waals surface area contributed by atoms with Crippen molar-refractivity contribution in [3.8, 4) is 5.75 Å². The second-order valence-corrected chi connectivity index (χ2v) is 13.0. The van der Waals surface area contributed by atoms with E-state index in [-0.39, 0.29) is 77.5 Å². The molecule has 0 atom stereocenters. The number of para-hydroxylation sites is 1. The van der Waals surface area contributed by atoms with Gasteiger partial charge in [0.25, 0.3) is 0 Å². The van der Waals surface area contributed by atoms with E-state index in [1.54, 1.807) is 18.7 Å². The highest BCUT2D eigenvalue weighted by atomic mass is 19.2. The SMILES string of the molecule is CCN(Cc1nc2c(N)nc3ccccc3c2n1CC(C)(C)O)C(=O)CCOCCOCCOCCOCCOCCC(=O)Oc1c(F)c(F)c(F)c(F)c1F. The number of rotatable bonds is 24. The number of nitrogens with two attached hydrogens (primary N) is 1. The number of nitrogen functional groups attached to an aromatic ring is 1. The van der Waals surface area contributed by atoms with Crippen LogP contribution in [0.3, 0.4) is 0 Å². The number of benzene rings is 2. The van der Waals surface area contributed by atoms with Crippen LogP contribution in [-0.2, 0) is 46.4 Å². The number of ether oxygens (including phenoxy) is 6. The summed E-state index contributed by atoms with van der Waals surface area (Å²) in [7, 11) is 0. The minimum absolute atomic E-state index is 0.0535. The van der Waals surface area contributed by atoms with Gasteiger partial charge < -0.3 is 48.7 Å². The molecule has 2 heterocycles. The Kier molecular flexibility index (Phi) is 16.7. The molecule has 0 aliphatic rings. The van der Waals surface area contributed by atoms with E-state index in [1.165, 1.54) is 0 Å². The second-order valence-electron chi connectivity index (χ2n) is 13.0. The molecule has 0 saturated heterocycles. The Morgan fingerprint density at radius 3 is 1.80 bits per heavy atom. The Bertz CT molecular complexity index is 1910. The maximum atomic E-state index is 13.6. The summed E-state index contributed by atoms with van der Waals surface area (Å²) in [5.41, 5.74) is 7.20. The Morgan fingerprint density at radius 2 is 1.27 bits per heavy atom. The van der Waals surface area contributed by atoms with E-state index in [2.05, 4.69) is 9.72 Å². The Labute approximate surface area is 319 Å². The number of nitrogens with zero attached hydrogens (tertiary/aromatic N) is 4. The zero-order valence-electron chi connectivity index (χ0n) is 31.4. The minimum Gasteiger partial charge on any atom is -0.420 e. The van der Waals surface area contributed by atoms with Gasteiger partial charge in [-0.2, -0.15) is 8.78 Å². The number of amides is 1. The highest BCUT2D eigenvalue weighted by Gasteiger charge is 2.29. The predicted molar refractivity (Wildman–Crippen MR) is 192 cm³/mol. The van der Waals surface area contributed by atoms with E-state index >= 15 is 0 Å². The third kappa shape index (κ3) is 12.2. The predicted octanol–water partition coefficient (Wildman–Crippen LogP) is 4.45. The summed E-state index contributed by atoms with van der Waals surface area (Å²) in [5, 5.41) is 11.6. The molecule has 2 aromatic carbocycles. The van der Waals surface area contributed by atoms with Crippen LogP contribution in [0.2, 0.25) is 0 Å². The number of aromatic nitrogens is 3. The number of imidazole rings is 1. The van der Waals surface area contributed by atoms with E-state index in [9.17, 15) is 36.6 Å². The zero-order chi connectivity index (χ0) is 40.8. The Hall–Kier alpha value is -4.53.